The molecule has 1 aromatic carbocycles. The largest absolute Gasteiger partial charge is 0.573 e. The van der Waals surface area contributed by atoms with E-state index in [9.17, 15) is 13.2 Å². The van der Waals surface area contributed by atoms with Crippen molar-refractivity contribution in [2.45, 2.75) is 6.36 Å². The van der Waals surface area contributed by atoms with Crippen LogP contribution in [0.3, 0.4) is 0 Å². The lowest BCUT2D eigenvalue weighted by atomic mass is 10.1. The van der Waals surface area contributed by atoms with Gasteiger partial charge >= 0.3 is 6.36 Å². The van der Waals surface area contributed by atoms with Gasteiger partial charge in [-0.05, 0) is 52.4 Å². The van der Waals surface area contributed by atoms with Crippen molar-refractivity contribution >= 4 is 28.1 Å². The molecular weight excluding hydrogens is 424 g/mol. The number of ether oxygens (including phenoxy) is 2. The maximum Gasteiger partial charge on any atom is 0.573 e. The van der Waals surface area contributed by atoms with E-state index in [1.807, 2.05) is 12.1 Å². The molecule has 0 aliphatic rings. The van der Waals surface area contributed by atoms with Crippen LogP contribution in [0.25, 0.3) is 16.6 Å². The number of halogens is 4. The van der Waals surface area contributed by atoms with Gasteiger partial charge in [-0.2, -0.15) is 5.10 Å². The fourth-order valence-corrected chi connectivity index (χ4v) is 2.75. The van der Waals surface area contributed by atoms with Crippen molar-refractivity contribution in [3.8, 4) is 22.6 Å². The van der Waals surface area contributed by atoms with Gasteiger partial charge < -0.3 is 9.47 Å². The first-order valence-electron chi connectivity index (χ1n) is 6.44. The number of rotatable bonds is 3. The summed E-state index contributed by atoms with van der Waals surface area (Å²) in [5.41, 5.74) is 2.38. The van der Waals surface area contributed by atoms with E-state index in [4.69, 9.17) is 4.74 Å². The Kier molecular flexibility index (Phi) is 4.09. The van der Waals surface area contributed by atoms with E-state index in [2.05, 4.69) is 32.4 Å². The zero-order valence-electron chi connectivity index (χ0n) is 11.8. The van der Waals surface area contributed by atoms with Crippen LogP contribution in [-0.4, -0.2) is 23.1 Å². The first kappa shape index (κ1) is 15.9. The molecule has 0 atom stereocenters. The molecule has 0 fully saturated rings. The molecule has 0 aliphatic heterocycles. The van der Waals surface area contributed by atoms with Crippen molar-refractivity contribution in [3.63, 3.8) is 0 Å². The highest BCUT2D eigenvalue weighted by atomic mass is 127. The average Bonchev–Trinajstić information content (AvgIpc) is 2.86. The minimum Gasteiger partial charge on any atom is -0.496 e. The second-order valence-corrected chi connectivity index (χ2v) is 5.81. The maximum atomic E-state index is 12.3. The predicted octanol–water partition coefficient (Wildman–Crippen LogP) is 4.51. The van der Waals surface area contributed by atoms with Crippen LogP contribution in [0, 0.1) is 3.57 Å². The monoisotopic (exact) mass is 434 g/mol. The van der Waals surface area contributed by atoms with E-state index < -0.39 is 6.36 Å². The smallest absolute Gasteiger partial charge is 0.496 e. The molecule has 0 aliphatic carbocycles. The van der Waals surface area contributed by atoms with Gasteiger partial charge in [0.1, 0.15) is 11.5 Å². The summed E-state index contributed by atoms with van der Waals surface area (Å²) in [4.78, 5) is 0. The normalized spacial score (nSPS) is 11.7. The van der Waals surface area contributed by atoms with Gasteiger partial charge in [0.05, 0.1) is 22.4 Å². The third kappa shape index (κ3) is 3.36. The zero-order chi connectivity index (χ0) is 16.6. The first-order valence-corrected chi connectivity index (χ1v) is 7.52. The predicted molar refractivity (Wildman–Crippen MR) is 86.6 cm³/mol. The number of alkyl halides is 3. The lowest BCUT2D eigenvalue weighted by molar-refractivity contribution is -0.274. The number of hydrogen-bond acceptors (Lipinski definition) is 3. The summed E-state index contributed by atoms with van der Waals surface area (Å²) < 4.78 is 48.7. The molecule has 4 nitrogen and oxygen atoms in total. The molecule has 0 radical (unpaired) electrons. The summed E-state index contributed by atoms with van der Waals surface area (Å²) in [6.07, 6.45) is -1.22. The van der Waals surface area contributed by atoms with Gasteiger partial charge in [-0.3, -0.25) is 0 Å². The van der Waals surface area contributed by atoms with E-state index in [0.29, 0.717) is 11.3 Å². The Bertz CT molecular complexity index is 862. The molecule has 3 aromatic rings. The Balaban J connectivity index is 2.05. The Labute approximate surface area is 143 Å². The van der Waals surface area contributed by atoms with Crippen LogP contribution in [0.1, 0.15) is 0 Å². The number of benzene rings is 1. The van der Waals surface area contributed by atoms with Gasteiger partial charge in [-0.1, -0.05) is 0 Å². The fourth-order valence-electron chi connectivity index (χ4n) is 2.23. The van der Waals surface area contributed by atoms with Crippen LogP contribution in [0.2, 0.25) is 0 Å². The van der Waals surface area contributed by atoms with E-state index in [1.165, 1.54) is 25.3 Å². The van der Waals surface area contributed by atoms with Crippen molar-refractivity contribution in [3.05, 3.63) is 46.3 Å². The van der Waals surface area contributed by atoms with Crippen molar-refractivity contribution in [2.24, 2.45) is 0 Å². The van der Waals surface area contributed by atoms with Gasteiger partial charge in [0.2, 0.25) is 0 Å². The van der Waals surface area contributed by atoms with E-state index in [0.717, 1.165) is 14.7 Å². The fraction of sp³-hybridized carbons (Fsp3) is 0.133. The van der Waals surface area contributed by atoms with Crippen LogP contribution >= 0.6 is 22.6 Å². The van der Waals surface area contributed by atoms with Crippen molar-refractivity contribution in [1.29, 1.82) is 0 Å². The van der Waals surface area contributed by atoms with Gasteiger partial charge in [0.15, 0.2) is 0 Å². The highest BCUT2D eigenvalue weighted by Gasteiger charge is 2.31. The molecule has 0 saturated heterocycles. The summed E-state index contributed by atoms with van der Waals surface area (Å²) >= 11 is 2.17. The minimum atomic E-state index is -4.74. The molecule has 0 spiro atoms. The highest BCUT2D eigenvalue weighted by Crippen LogP contribution is 2.35. The summed E-state index contributed by atoms with van der Waals surface area (Å²) in [7, 11) is 1.40. The third-order valence-electron chi connectivity index (χ3n) is 3.19. The summed E-state index contributed by atoms with van der Waals surface area (Å²) in [6.45, 7) is 0. The highest BCUT2D eigenvalue weighted by molar-refractivity contribution is 14.1. The van der Waals surface area contributed by atoms with Crippen molar-refractivity contribution in [1.82, 2.24) is 9.61 Å². The standard InChI is InChI=1S/C15H10F3IN2O2/c1-22-14-7-10(23-15(16,17)18)2-3-11(14)9-4-5-21-13(6-9)12(19)8-20-21/h2-8H,1H3. The molecule has 3 rings (SSSR count). The topological polar surface area (TPSA) is 35.8 Å². The molecule has 0 bridgehead atoms. The lowest BCUT2D eigenvalue weighted by Gasteiger charge is -2.13. The van der Waals surface area contributed by atoms with Gasteiger partial charge in [0.25, 0.3) is 0 Å². The average molecular weight is 434 g/mol. The Morgan fingerprint density at radius 2 is 1.96 bits per heavy atom. The molecule has 0 saturated carbocycles. The number of pyridine rings is 1. The second kappa shape index (κ2) is 5.91. The number of methoxy groups -OCH3 is 1. The molecule has 2 aromatic heterocycles. The molecule has 8 heteroatoms. The number of nitrogens with zero attached hydrogens (tertiary/aromatic N) is 2. The molecule has 2 heterocycles. The van der Waals surface area contributed by atoms with E-state index in [-0.39, 0.29) is 5.75 Å². The number of fused-ring (bicyclic) bond motifs is 1. The van der Waals surface area contributed by atoms with Crippen LogP contribution in [0.4, 0.5) is 13.2 Å². The summed E-state index contributed by atoms with van der Waals surface area (Å²) in [5.74, 6) is -0.0243. The van der Waals surface area contributed by atoms with E-state index in [1.54, 1.807) is 16.9 Å². The second-order valence-electron chi connectivity index (χ2n) is 4.65. The van der Waals surface area contributed by atoms with E-state index >= 15 is 0 Å². The van der Waals surface area contributed by atoms with Crippen molar-refractivity contribution < 1.29 is 22.6 Å². The number of aromatic nitrogens is 2. The molecule has 0 N–H and O–H groups in total. The van der Waals surface area contributed by atoms with Gasteiger partial charge in [0, 0.05) is 17.8 Å². The van der Waals surface area contributed by atoms with Gasteiger partial charge in [-0.25, -0.2) is 4.52 Å². The Morgan fingerprint density at radius 1 is 1.17 bits per heavy atom. The molecule has 0 amide bonds. The zero-order valence-corrected chi connectivity index (χ0v) is 13.9. The Morgan fingerprint density at radius 3 is 2.65 bits per heavy atom. The summed E-state index contributed by atoms with van der Waals surface area (Å²) in [5, 5.41) is 4.18. The van der Waals surface area contributed by atoms with Crippen LogP contribution in [0.15, 0.2) is 42.7 Å². The number of hydrogen-bond donors (Lipinski definition) is 0. The quantitative estimate of drug-likeness (QED) is 0.570. The van der Waals surface area contributed by atoms with Crippen LogP contribution in [-0.2, 0) is 0 Å². The SMILES string of the molecule is COc1cc(OC(F)(F)F)ccc1-c1ccn2ncc(I)c2c1. The minimum absolute atomic E-state index is 0.297. The van der Waals surface area contributed by atoms with Gasteiger partial charge in [-0.15, -0.1) is 13.2 Å². The maximum absolute atomic E-state index is 12.3. The summed E-state index contributed by atoms with van der Waals surface area (Å²) in [6, 6.07) is 7.73. The van der Waals surface area contributed by atoms with Crippen LogP contribution < -0.4 is 9.47 Å². The van der Waals surface area contributed by atoms with Crippen LogP contribution in [0.5, 0.6) is 11.5 Å². The third-order valence-corrected chi connectivity index (χ3v) is 4.02. The molecular formula is C15H10F3IN2O2. The molecule has 0 unspecified atom stereocenters. The lowest BCUT2D eigenvalue weighted by Crippen LogP contribution is -2.17. The molecule has 23 heavy (non-hydrogen) atoms. The molecule has 120 valence electrons. The van der Waals surface area contributed by atoms with Crippen molar-refractivity contribution in [2.75, 3.05) is 7.11 Å². The Hall–Kier alpha value is -1.97. The first-order chi connectivity index (χ1) is 10.9.